The van der Waals surface area contributed by atoms with Gasteiger partial charge in [0.05, 0.1) is 22.2 Å². The van der Waals surface area contributed by atoms with Gasteiger partial charge in [-0.15, -0.1) is 12.4 Å². The number of fused-ring (bicyclic) bond motifs is 1. The molecule has 2 N–H and O–H groups in total. The lowest BCUT2D eigenvalue weighted by molar-refractivity contribution is 0.0948. The van der Waals surface area contributed by atoms with E-state index in [4.69, 9.17) is 9.72 Å². The molecule has 9 nitrogen and oxygen atoms in total. The van der Waals surface area contributed by atoms with E-state index in [1.807, 2.05) is 0 Å². The number of sulfonamides is 1. The maximum absolute atomic E-state index is 12.8. The third-order valence-electron chi connectivity index (χ3n) is 6.91. The summed E-state index contributed by atoms with van der Waals surface area (Å²) in [5, 5.41) is 4.03. The quantitative estimate of drug-likeness (QED) is 0.281. The van der Waals surface area contributed by atoms with Crippen molar-refractivity contribution in [3.8, 4) is 5.75 Å². The lowest BCUT2D eigenvalue weighted by atomic mass is 10.1. The summed E-state index contributed by atoms with van der Waals surface area (Å²) in [5.74, 6) is 0.321. The van der Waals surface area contributed by atoms with Crippen LogP contribution in [0.15, 0.2) is 65.6 Å². The highest BCUT2D eigenvalue weighted by atomic mass is 35.5. The molecule has 0 saturated carbocycles. The Balaban J connectivity index is 0.00000387. The number of aromatic nitrogens is 1. The first-order valence-corrected chi connectivity index (χ1v) is 15.4. The Morgan fingerprint density at radius 1 is 1.02 bits per heavy atom. The molecule has 1 aliphatic heterocycles. The zero-order valence-electron chi connectivity index (χ0n) is 23.2. The SMILES string of the molecule is COc1ccc(S(=O)(=O)Nc2cccc(C(=O)NCCN3CCN(c4nc5cc(C)cc(C)c5s4)CC3)c2)cc1.Cl. The van der Waals surface area contributed by atoms with Gasteiger partial charge < -0.3 is 15.0 Å². The fourth-order valence-corrected chi connectivity index (χ4v) is 6.90. The number of carbonyl (C=O) groups is 1. The molecule has 12 heteroatoms. The summed E-state index contributed by atoms with van der Waals surface area (Å²) in [6.07, 6.45) is 0. The third kappa shape index (κ3) is 7.28. The standard InChI is InChI=1S/C29H33N5O4S2.ClH/c1-20-17-21(2)27-26(18-20)31-29(39-27)34-15-13-33(14-16-34)12-11-30-28(35)22-5-4-6-23(19-22)32-40(36,37)25-9-7-24(38-3)8-10-25;/h4-10,17-19,32H,11-16H2,1-3H3,(H,30,35);1H. The van der Waals surface area contributed by atoms with Crippen LogP contribution in [0.25, 0.3) is 10.2 Å². The number of amides is 1. The van der Waals surface area contributed by atoms with Gasteiger partial charge in [0, 0.05) is 50.5 Å². The Morgan fingerprint density at radius 2 is 1.76 bits per heavy atom. The number of ether oxygens (including phenoxy) is 1. The highest BCUT2D eigenvalue weighted by molar-refractivity contribution is 7.92. The Hall–Kier alpha value is -3.38. The lowest BCUT2D eigenvalue weighted by Crippen LogP contribution is -2.48. The Labute approximate surface area is 251 Å². The second-order valence-electron chi connectivity index (χ2n) is 9.87. The number of thiazole rings is 1. The van der Waals surface area contributed by atoms with Gasteiger partial charge >= 0.3 is 0 Å². The number of aryl methyl sites for hydroxylation is 2. The van der Waals surface area contributed by atoms with Crippen LogP contribution in [-0.2, 0) is 10.0 Å². The van der Waals surface area contributed by atoms with Crippen LogP contribution in [0.3, 0.4) is 0 Å². The van der Waals surface area contributed by atoms with Gasteiger partial charge in [0.25, 0.3) is 15.9 Å². The van der Waals surface area contributed by atoms with Gasteiger partial charge in [-0.2, -0.15) is 0 Å². The zero-order chi connectivity index (χ0) is 28.3. The molecule has 1 aliphatic rings. The predicted molar refractivity (Wildman–Crippen MR) is 168 cm³/mol. The molecular formula is C29H34ClN5O4S2. The van der Waals surface area contributed by atoms with E-state index in [0.29, 0.717) is 23.5 Å². The molecule has 0 aliphatic carbocycles. The first-order chi connectivity index (χ1) is 19.2. The van der Waals surface area contributed by atoms with E-state index < -0.39 is 10.0 Å². The van der Waals surface area contributed by atoms with Crippen molar-refractivity contribution in [2.45, 2.75) is 18.7 Å². The van der Waals surface area contributed by atoms with Gasteiger partial charge in [-0.25, -0.2) is 13.4 Å². The smallest absolute Gasteiger partial charge is 0.261 e. The maximum atomic E-state index is 12.8. The number of rotatable bonds is 9. The Bertz CT molecular complexity index is 1620. The summed E-state index contributed by atoms with van der Waals surface area (Å²) in [6, 6.07) is 16.9. The molecular weight excluding hydrogens is 582 g/mol. The van der Waals surface area contributed by atoms with Crippen molar-refractivity contribution in [3.63, 3.8) is 0 Å². The first kappa shape index (κ1) is 30.6. The summed E-state index contributed by atoms with van der Waals surface area (Å²) in [5.41, 5.74) is 4.28. The van der Waals surface area contributed by atoms with E-state index in [9.17, 15) is 13.2 Å². The van der Waals surface area contributed by atoms with Crippen LogP contribution in [0.5, 0.6) is 5.75 Å². The number of nitrogens with zero attached hydrogens (tertiary/aromatic N) is 3. The van der Waals surface area contributed by atoms with Gasteiger partial charge in [0.1, 0.15) is 5.75 Å². The van der Waals surface area contributed by atoms with Crippen LogP contribution in [0, 0.1) is 13.8 Å². The molecule has 3 aromatic carbocycles. The second kappa shape index (κ2) is 13.1. The van der Waals surface area contributed by atoms with E-state index in [0.717, 1.165) is 43.4 Å². The topological polar surface area (TPSA) is 104 Å². The minimum atomic E-state index is -3.80. The molecule has 0 spiro atoms. The van der Waals surface area contributed by atoms with Crippen molar-refractivity contribution < 1.29 is 17.9 Å². The first-order valence-electron chi connectivity index (χ1n) is 13.1. The number of halogens is 1. The molecule has 41 heavy (non-hydrogen) atoms. The third-order valence-corrected chi connectivity index (χ3v) is 9.58. The van der Waals surface area contributed by atoms with Gasteiger partial charge in [-0.05, 0) is 73.5 Å². The zero-order valence-corrected chi connectivity index (χ0v) is 25.7. The molecule has 1 aromatic heterocycles. The van der Waals surface area contributed by atoms with Crippen LogP contribution < -0.4 is 19.7 Å². The number of hydrogen-bond acceptors (Lipinski definition) is 8. The van der Waals surface area contributed by atoms with Gasteiger partial charge in [0.2, 0.25) is 0 Å². The molecule has 1 fully saturated rings. The number of piperazine rings is 1. The van der Waals surface area contributed by atoms with E-state index in [-0.39, 0.29) is 23.2 Å². The number of methoxy groups -OCH3 is 1. The minimum absolute atomic E-state index is 0. The molecule has 5 rings (SSSR count). The highest BCUT2D eigenvalue weighted by Gasteiger charge is 2.21. The summed E-state index contributed by atoms with van der Waals surface area (Å²) in [6.45, 7) is 9.05. The van der Waals surface area contributed by atoms with Crippen molar-refractivity contribution in [1.82, 2.24) is 15.2 Å². The van der Waals surface area contributed by atoms with Crippen LogP contribution in [0.1, 0.15) is 21.5 Å². The summed E-state index contributed by atoms with van der Waals surface area (Å²) in [7, 11) is -2.28. The number of nitrogens with one attached hydrogen (secondary N) is 2. The molecule has 0 unspecified atom stereocenters. The summed E-state index contributed by atoms with van der Waals surface area (Å²) < 4.78 is 34.4. The van der Waals surface area contributed by atoms with E-state index in [2.05, 4.69) is 45.8 Å². The van der Waals surface area contributed by atoms with Crippen molar-refractivity contribution in [1.29, 1.82) is 0 Å². The Morgan fingerprint density at radius 3 is 2.46 bits per heavy atom. The van der Waals surface area contributed by atoms with Crippen LogP contribution in [-0.4, -0.2) is 70.6 Å². The Kier molecular flexibility index (Phi) is 9.75. The van der Waals surface area contributed by atoms with Gasteiger partial charge in [-0.1, -0.05) is 23.5 Å². The monoisotopic (exact) mass is 615 g/mol. The average Bonchev–Trinajstić information content (AvgIpc) is 3.38. The van der Waals surface area contributed by atoms with Crippen LogP contribution in [0.4, 0.5) is 10.8 Å². The van der Waals surface area contributed by atoms with Crippen molar-refractivity contribution >= 4 is 60.7 Å². The summed E-state index contributed by atoms with van der Waals surface area (Å²) >= 11 is 1.76. The predicted octanol–water partition coefficient (Wildman–Crippen LogP) is 4.70. The molecule has 0 atom stereocenters. The number of benzene rings is 3. The number of carbonyl (C=O) groups excluding carboxylic acids is 1. The highest BCUT2D eigenvalue weighted by Crippen LogP contribution is 2.32. The maximum Gasteiger partial charge on any atom is 0.261 e. The van der Waals surface area contributed by atoms with E-state index in [1.165, 1.54) is 41.1 Å². The van der Waals surface area contributed by atoms with Crippen molar-refractivity contribution in [2.75, 3.05) is 56.0 Å². The molecule has 1 amide bonds. The average molecular weight is 616 g/mol. The lowest BCUT2D eigenvalue weighted by Gasteiger charge is -2.34. The molecule has 218 valence electrons. The molecule has 4 aromatic rings. The van der Waals surface area contributed by atoms with Crippen molar-refractivity contribution in [3.05, 3.63) is 77.4 Å². The molecule has 0 radical (unpaired) electrons. The number of anilines is 2. The summed E-state index contributed by atoms with van der Waals surface area (Å²) in [4.78, 5) is 22.4. The largest absolute Gasteiger partial charge is 0.497 e. The van der Waals surface area contributed by atoms with Crippen LogP contribution in [0.2, 0.25) is 0 Å². The van der Waals surface area contributed by atoms with Crippen molar-refractivity contribution in [2.24, 2.45) is 0 Å². The fraction of sp³-hybridized carbons (Fsp3) is 0.310. The fourth-order valence-electron chi connectivity index (χ4n) is 4.79. The van der Waals surface area contributed by atoms with Crippen LogP contribution >= 0.6 is 23.7 Å². The molecule has 0 bridgehead atoms. The van der Waals surface area contributed by atoms with E-state index >= 15 is 0 Å². The van der Waals surface area contributed by atoms with E-state index in [1.54, 1.807) is 41.7 Å². The molecule has 2 heterocycles. The van der Waals surface area contributed by atoms with Gasteiger partial charge in [-0.3, -0.25) is 14.4 Å². The van der Waals surface area contributed by atoms with Gasteiger partial charge in [0.15, 0.2) is 5.13 Å². The molecule has 1 saturated heterocycles. The number of hydrogen-bond donors (Lipinski definition) is 2. The normalized spacial score (nSPS) is 14.0. The minimum Gasteiger partial charge on any atom is -0.497 e. The second-order valence-corrected chi connectivity index (χ2v) is 12.5.